The summed E-state index contributed by atoms with van der Waals surface area (Å²) in [6.45, 7) is 1.95. The fraction of sp³-hybridized carbons (Fsp3) is 0.231. The van der Waals surface area contributed by atoms with Gasteiger partial charge in [-0.15, -0.1) is 11.3 Å². The molecule has 0 saturated carbocycles. The van der Waals surface area contributed by atoms with Crippen molar-refractivity contribution in [3.05, 3.63) is 52.4 Å². The predicted molar refractivity (Wildman–Crippen MR) is 79.1 cm³/mol. The number of halogens is 1. The molecule has 0 aliphatic carbocycles. The number of thiophene rings is 1. The van der Waals surface area contributed by atoms with E-state index in [1.165, 1.54) is 6.07 Å². The van der Waals surface area contributed by atoms with E-state index in [-0.39, 0.29) is 10.3 Å². The van der Waals surface area contributed by atoms with Crippen LogP contribution in [0.2, 0.25) is 4.34 Å². The Hall–Kier alpha value is -0.880. The second-order valence-corrected chi connectivity index (χ2v) is 7.71. The molecule has 102 valence electrons. The van der Waals surface area contributed by atoms with Gasteiger partial charge in [0.15, 0.2) is 0 Å². The Labute approximate surface area is 122 Å². The summed E-state index contributed by atoms with van der Waals surface area (Å²) in [5.74, 6) is 0. The van der Waals surface area contributed by atoms with Crippen molar-refractivity contribution < 1.29 is 8.42 Å². The van der Waals surface area contributed by atoms with E-state index in [2.05, 4.69) is 4.72 Å². The minimum Gasteiger partial charge on any atom is -0.206 e. The second kappa shape index (κ2) is 6.05. The van der Waals surface area contributed by atoms with Crippen molar-refractivity contribution in [2.24, 2.45) is 0 Å². The first-order valence-electron chi connectivity index (χ1n) is 5.85. The molecule has 1 aromatic heterocycles. The number of hydrogen-bond acceptors (Lipinski definition) is 3. The average Bonchev–Trinajstić information content (AvgIpc) is 2.85. The highest BCUT2D eigenvalue weighted by Gasteiger charge is 2.21. The van der Waals surface area contributed by atoms with Gasteiger partial charge in [0, 0.05) is 6.04 Å². The molecule has 6 heteroatoms. The van der Waals surface area contributed by atoms with Crippen LogP contribution in [0.1, 0.15) is 24.9 Å². The van der Waals surface area contributed by atoms with Gasteiger partial charge in [0.05, 0.1) is 4.34 Å². The fourth-order valence-electron chi connectivity index (χ4n) is 1.76. The van der Waals surface area contributed by atoms with Gasteiger partial charge < -0.3 is 0 Å². The van der Waals surface area contributed by atoms with Crippen LogP contribution in [0.3, 0.4) is 0 Å². The molecule has 2 rings (SSSR count). The largest absolute Gasteiger partial charge is 0.250 e. The lowest BCUT2D eigenvalue weighted by molar-refractivity contribution is 0.552. The molecular formula is C13H14ClNO2S2. The molecule has 3 nitrogen and oxygen atoms in total. The number of sulfonamides is 1. The van der Waals surface area contributed by atoms with E-state index in [0.717, 1.165) is 16.9 Å². The summed E-state index contributed by atoms with van der Waals surface area (Å²) < 4.78 is 27.9. The van der Waals surface area contributed by atoms with E-state index in [1.54, 1.807) is 6.07 Å². The van der Waals surface area contributed by atoms with E-state index < -0.39 is 10.0 Å². The van der Waals surface area contributed by atoms with Gasteiger partial charge in [-0.25, -0.2) is 13.1 Å². The van der Waals surface area contributed by atoms with Gasteiger partial charge >= 0.3 is 0 Å². The maximum Gasteiger partial charge on any atom is 0.250 e. The lowest BCUT2D eigenvalue weighted by atomic mass is 10.1. The summed E-state index contributed by atoms with van der Waals surface area (Å²) in [4.78, 5) is 0. The molecule has 1 N–H and O–H groups in total. The number of hydrogen-bond donors (Lipinski definition) is 1. The Morgan fingerprint density at radius 1 is 1.21 bits per heavy atom. The first kappa shape index (κ1) is 14.5. The molecule has 0 radical (unpaired) electrons. The SMILES string of the molecule is CCC(NS(=O)(=O)c1ccc(Cl)s1)c1ccccc1. The minimum absolute atomic E-state index is 0.230. The van der Waals surface area contributed by atoms with E-state index in [9.17, 15) is 8.42 Å². The molecule has 0 aliphatic heterocycles. The molecule has 0 aliphatic rings. The van der Waals surface area contributed by atoms with Crippen molar-refractivity contribution in [2.45, 2.75) is 23.6 Å². The maximum atomic E-state index is 12.2. The van der Waals surface area contributed by atoms with Crippen LogP contribution in [0.5, 0.6) is 0 Å². The Kier molecular flexibility index (Phi) is 4.62. The molecule has 0 spiro atoms. The van der Waals surface area contributed by atoms with Crippen LogP contribution in [0, 0.1) is 0 Å². The zero-order chi connectivity index (χ0) is 13.9. The van der Waals surface area contributed by atoms with Crippen LogP contribution in [-0.2, 0) is 10.0 Å². The monoisotopic (exact) mass is 315 g/mol. The van der Waals surface area contributed by atoms with Gasteiger partial charge in [-0.3, -0.25) is 0 Å². The maximum absolute atomic E-state index is 12.2. The molecule has 1 unspecified atom stereocenters. The minimum atomic E-state index is -3.51. The number of nitrogens with one attached hydrogen (secondary N) is 1. The highest BCUT2D eigenvalue weighted by Crippen LogP contribution is 2.27. The Morgan fingerprint density at radius 3 is 2.42 bits per heavy atom. The zero-order valence-corrected chi connectivity index (χ0v) is 12.7. The summed E-state index contributed by atoms with van der Waals surface area (Å²) in [5.41, 5.74) is 0.955. The molecule has 0 amide bonds. The van der Waals surface area contributed by atoms with Crippen molar-refractivity contribution >= 4 is 33.0 Å². The summed E-state index contributed by atoms with van der Waals surface area (Å²) >= 11 is 6.84. The van der Waals surface area contributed by atoms with Gasteiger partial charge in [-0.1, -0.05) is 48.9 Å². The highest BCUT2D eigenvalue weighted by molar-refractivity contribution is 7.91. The fourth-order valence-corrected chi connectivity index (χ4v) is 4.57. The van der Waals surface area contributed by atoms with Gasteiger partial charge in [0.25, 0.3) is 10.0 Å². The summed E-state index contributed by atoms with van der Waals surface area (Å²) in [5, 5.41) is 0. The van der Waals surface area contributed by atoms with Crippen LogP contribution < -0.4 is 4.72 Å². The standard InChI is InChI=1S/C13H14ClNO2S2/c1-2-11(10-6-4-3-5-7-10)15-19(16,17)13-9-8-12(14)18-13/h3-9,11,15H,2H2,1H3. The third-order valence-corrected chi connectivity index (χ3v) is 5.92. The smallest absolute Gasteiger partial charge is 0.206 e. The Bertz CT molecular complexity index is 638. The van der Waals surface area contributed by atoms with Crippen molar-refractivity contribution in [3.63, 3.8) is 0 Å². The van der Waals surface area contributed by atoms with Crippen molar-refractivity contribution in [3.8, 4) is 0 Å². The molecular weight excluding hydrogens is 302 g/mol. The third kappa shape index (κ3) is 3.57. The zero-order valence-electron chi connectivity index (χ0n) is 10.3. The molecule has 1 heterocycles. The second-order valence-electron chi connectivity index (χ2n) is 4.05. The van der Waals surface area contributed by atoms with Crippen molar-refractivity contribution in [1.29, 1.82) is 0 Å². The van der Waals surface area contributed by atoms with Crippen LogP contribution >= 0.6 is 22.9 Å². The van der Waals surface area contributed by atoms with Gasteiger partial charge in [-0.05, 0) is 24.1 Å². The van der Waals surface area contributed by atoms with Crippen LogP contribution in [0.15, 0.2) is 46.7 Å². The van der Waals surface area contributed by atoms with Crippen LogP contribution in [0.25, 0.3) is 0 Å². The number of benzene rings is 1. The van der Waals surface area contributed by atoms with Crippen molar-refractivity contribution in [1.82, 2.24) is 4.72 Å². The topological polar surface area (TPSA) is 46.2 Å². The predicted octanol–water partition coefficient (Wildman–Crippen LogP) is 3.83. The molecule has 2 aromatic rings. The van der Waals surface area contributed by atoms with Crippen LogP contribution in [-0.4, -0.2) is 8.42 Å². The third-order valence-electron chi connectivity index (χ3n) is 2.72. The summed E-state index contributed by atoms with van der Waals surface area (Å²) in [6.07, 6.45) is 0.683. The highest BCUT2D eigenvalue weighted by atomic mass is 35.5. The van der Waals surface area contributed by atoms with Crippen molar-refractivity contribution in [2.75, 3.05) is 0 Å². The molecule has 0 saturated heterocycles. The summed E-state index contributed by atoms with van der Waals surface area (Å²) in [7, 11) is -3.51. The normalized spacial score (nSPS) is 13.4. The first-order valence-corrected chi connectivity index (χ1v) is 8.53. The molecule has 1 aromatic carbocycles. The van der Waals surface area contributed by atoms with Gasteiger partial charge in [0.1, 0.15) is 4.21 Å². The Balaban J connectivity index is 2.23. The average molecular weight is 316 g/mol. The van der Waals surface area contributed by atoms with E-state index in [4.69, 9.17) is 11.6 Å². The first-order chi connectivity index (χ1) is 9.03. The molecule has 0 bridgehead atoms. The van der Waals surface area contributed by atoms with E-state index in [0.29, 0.717) is 10.8 Å². The lowest BCUT2D eigenvalue weighted by Crippen LogP contribution is -2.27. The molecule has 1 atom stereocenters. The summed E-state index contributed by atoms with van der Waals surface area (Å²) in [6, 6.07) is 12.4. The van der Waals surface area contributed by atoms with Crippen LogP contribution in [0.4, 0.5) is 0 Å². The quantitative estimate of drug-likeness (QED) is 0.911. The van der Waals surface area contributed by atoms with Gasteiger partial charge in [-0.2, -0.15) is 0 Å². The van der Waals surface area contributed by atoms with Gasteiger partial charge in [0.2, 0.25) is 0 Å². The van der Waals surface area contributed by atoms with E-state index in [1.807, 2.05) is 37.3 Å². The number of rotatable bonds is 5. The van der Waals surface area contributed by atoms with E-state index >= 15 is 0 Å². The lowest BCUT2D eigenvalue weighted by Gasteiger charge is -2.16. The molecule has 19 heavy (non-hydrogen) atoms. The molecule has 0 fully saturated rings. The Morgan fingerprint density at radius 2 is 1.89 bits per heavy atom.